The predicted octanol–water partition coefficient (Wildman–Crippen LogP) is 6.14. The summed E-state index contributed by atoms with van der Waals surface area (Å²) in [5, 5.41) is 7.12. The number of hydrogen-bond acceptors (Lipinski definition) is 5. The number of alkyl halides is 4. The summed E-state index contributed by atoms with van der Waals surface area (Å²) in [6.07, 6.45) is 2.69. The van der Waals surface area contributed by atoms with E-state index in [1.807, 2.05) is 41.8 Å². The Morgan fingerprint density at radius 1 is 1.02 bits per heavy atom. The topological polar surface area (TPSA) is 90.4 Å². The largest absolute Gasteiger partial charge is 0.490 e. The van der Waals surface area contributed by atoms with Gasteiger partial charge in [0.25, 0.3) is 5.91 Å². The number of benzene rings is 1. The Kier molecular flexibility index (Phi) is 12.2. The zero-order valence-electron chi connectivity index (χ0n) is 25.4. The fraction of sp³-hybridized carbons (Fsp3) is 0.710. The molecule has 1 aromatic rings. The molecule has 3 heterocycles. The van der Waals surface area contributed by atoms with Crippen molar-refractivity contribution in [2.45, 2.75) is 102 Å². The number of carbonyl (C=O) groups is 3. The molecule has 3 aliphatic heterocycles. The fourth-order valence-corrected chi connectivity index (χ4v) is 6.60. The van der Waals surface area contributed by atoms with Crippen molar-refractivity contribution in [3.05, 3.63) is 34.9 Å². The number of halogens is 4. The Labute approximate surface area is 251 Å². The van der Waals surface area contributed by atoms with Crippen LogP contribution in [-0.2, 0) is 9.53 Å². The third-order valence-electron chi connectivity index (χ3n) is 8.97. The third kappa shape index (κ3) is 8.61. The van der Waals surface area contributed by atoms with E-state index in [1.54, 1.807) is 0 Å². The van der Waals surface area contributed by atoms with Crippen LogP contribution in [0.1, 0.15) is 86.2 Å². The molecule has 43 heavy (non-hydrogen) atoms. The van der Waals surface area contributed by atoms with Gasteiger partial charge in [0.05, 0.1) is 12.7 Å². The normalized spacial score (nSPS) is 21.0. The van der Waals surface area contributed by atoms with Gasteiger partial charge >= 0.3 is 18.2 Å². The molecule has 4 rings (SSSR count). The molecule has 1 unspecified atom stereocenters. The lowest BCUT2D eigenvalue weighted by Gasteiger charge is -2.46. The van der Waals surface area contributed by atoms with Crippen molar-refractivity contribution in [2.24, 2.45) is 0 Å². The van der Waals surface area contributed by atoms with E-state index in [2.05, 4.69) is 11.8 Å². The summed E-state index contributed by atoms with van der Waals surface area (Å²) in [7, 11) is 0. The third-order valence-corrected chi connectivity index (χ3v) is 8.97. The first kappa shape index (κ1) is 34.6. The molecule has 12 heteroatoms. The average molecular weight is 616 g/mol. The number of hydrogen-bond donors (Lipinski definition) is 1. The summed E-state index contributed by atoms with van der Waals surface area (Å²) < 4.78 is 50.5. The molecule has 0 bridgehead atoms. The molecular formula is C31H45F4N3O5. The van der Waals surface area contributed by atoms with E-state index in [-0.39, 0.29) is 24.7 Å². The second-order valence-electron chi connectivity index (χ2n) is 11.8. The van der Waals surface area contributed by atoms with Crippen molar-refractivity contribution < 1.29 is 41.8 Å². The van der Waals surface area contributed by atoms with E-state index < -0.39 is 17.7 Å². The van der Waals surface area contributed by atoms with Crippen LogP contribution in [0, 0.1) is 13.8 Å². The van der Waals surface area contributed by atoms with Gasteiger partial charge in [0.2, 0.25) is 0 Å². The zero-order chi connectivity index (χ0) is 31.8. The monoisotopic (exact) mass is 615 g/mol. The van der Waals surface area contributed by atoms with Crippen LogP contribution < -0.4 is 0 Å². The molecule has 0 aliphatic carbocycles. The second kappa shape index (κ2) is 15.2. The molecule has 0 aromatic heterocycles. The Morgan fingerprint density at radius 3 is 2.12 bits per heavy atom. The van der Waals surface area contributed by atoms with Crippen molar-refractivity contribution in [1.82, 2.24) is 14.7 Å². The Hall–Kier alpha value is -2.89. The Morgan fingerprint density at radius 2 is 1.60 bits per heavy atom. The van der Waals surface area contributed by atoms with Gasteiger partial charge in [-0.1, -0.05) is 38.0 Å². The number of likely N-dealkylation sites (tertiary alicyclic amines) is 2. The quantitative estimate of drug-likeness (QED) is 0.265. The molecule has 3 aliphatic rings. The highest BCUT2D eigenvalue weighted by Gasteiger charge is 2.54. The van der Waals surface area contributed by atoms with Gasteiger partial charge in [0.15, 0.2) is 0 Å². The lowest BCUT2D eigenvalue weighted by molar-refractivity contribution is -0.192. The van der Waals surface area contributed by atoms with Crippen LogP contribution in [0.3, 0.4) is 0 Å². The number of carboxylic acids is 1. The van der Waals surface area contributed by atoms with E-state index in [0.717, 1.165) is 87.8 Å². The predicted molar refractivity (Wildman–Crippen MR) is 154 cm³/mol. The number of rotatable bonds is 9. The standard InChI is InChI=1S/C29H44FN3O3.C2HF3O2/c1-4-5-11-25-29(36-28(35)33(25)17-7-6-16-30)14-20-31(21-15-29)24-12-18-32(19-13-24)27(34)26-22(2)9-8-10-23(26)3;3-2(4,5)1(6)7/h8-10,24-25H,4-7,11-21H2,1-3H3;(H,6,7). The van der Waals surface area contributed by atoms with Crippen LogP contribution in [0.25, 0.3) is 0 Å². The highest BCUT2D eigenvalue weighted by Crippen LogP contribution is 2.42. The minimum Gasteiger partial charge on any atom is -0.475 e. The molecule has 1 atom stereocenters. The van der Waals surface area contributed by atoms with Crippen LogP contribution in [0.15, 0.2) is 18.2 Å². The summed E-state index contributed by atoms with van der Waals surface area (Å²) in [6.45, 7) is 9.88. The smallest absolute Gasteiger partial charge is 0.475 e. The van der Waals surface area contributed by atoms with E-state index in [1.165, 1.54) is 0 Å². The average Bonchev–Trinajstić information content (AvgIpc) is 3.21. The van der Waals surface area contributed by atoms with Crippen LogP contribution in [-0.4, -0.2) is 101 Å². The molecule has 3 saturated heterocycles. The lowest BCUT2D eigenvalue weighted by Crippen LogP contribution is -2.56. The van der Waals surface area contributed by atoms with Crippen molar-refractivity contribution in [3.8, 4) is 0 Å². The van der Waals surface area contributed by atoms with Gasteiger partial charge in [-0.15, -0.1) is 0 Å². The summed E-state index contributed by atoms with van der Waals surface area (Å²) in [4.78, 5) is 41.4. The molecule has 1 N–H and O–H groups in total. The minimum atomic E-state index is -5.08. The molecular weight excluding hydrogens is 570 g/mol. The van der Waals surface area contributed by atoms with E-state index >= 15 is 0 Å². The van der Waals surface area contributed by atoms with Crippen LogP contribution >= 0.6 is 0 Å². The van der Waals surface area contributed by atoms with Gasteiger partial charge in [0, 0.05) is 57.2 Å². The molecule has 0 radical (unpaired) electrons. The van der Waals surface area contributed by atoms with Crippen molar-refractivity contribution >= 4 is 18.0 Å². The number of carbonyl (C=O) groups excluding carboxylic acids is 2. The fourth-order valence-electron chi connectivity index (χ4n) is 6.60. The number of amides is 2. The van der Waals surface area contributed by atoms with Crippen molar-refractivity contribution in [1.29, 1.82) is 0 Å². The maximum atomic E-state index is 13.2. The second-order valence-corrected chi connectivity index (χ2v) is 11.8. The summed E-state index contributed by atoms with van der Waals surface area (Å²) in [5.74, 6) is -2.60. The van der Waals surface area contributed by atoms with E-state index in [4.69, 9.17) is 14.6 Å². The van der Waals surface area contributed by atoms with Crippen LogP contribution in [0.2, 0.25) is 0 Å². The molecule has 0 saturated carbocycles. The van der Waals surface area contributed by atoms with Gasteiger partial charge in [-0.05, 0) is 57.1 Å². The zero-order valence-corrected chi connectivity index (χ0v) is 25.4. The van der Waals surface area contributed by atoms with Gasteiger partial charge in [-0.25, -0.2) is 9.59 Å². The number of nitrogens with zero attached hydrogens (tertiary/aromatic N) is 3. The maximum absolute atomic E-state index is 13.2. The molecule has 3 fully saturated rings. The molecule has 2 amide bonds. The highest BCUT2D eigenvalue weighted by molar-refractivity contribution is 5.97. The maximum Gasteiger partial charge on any atom is 0.490 e. The van der Waals surface area contributed by atoms with Crippen molar-refractivity contribution in [3.63, 3.8) is 0 Å². The summed E-state index contributed by atoms with van der Waals surface area (Å²) in [6, 6.07) is 6.61. The molecule has 242 valence electrons. The summed E-state index contributed by atoms with van der Waals surface area (Å²) in [5.41, 5.74) is 2.54. The number of unbranched alkanes of at least 4 members (excludes halogenated alkanes) is 2. The van der Waals surface area contributed by atoms with Gasteiger partial charge in [-0.2, -0.15) is 13.2 Å². The first-order valence-electron chi connectivity index (χ1n) is 15.3. The number of aryl methyl sites for hydroxylation is 2. The number of piperidine rings is 2. The van der Waals surface area contributed by atoms with Gasteiger partial charge in [0.1, 0.15) is 5.60 Å². The SMILES string of the molecule is CCCCC1N(CCCCF)C(=O)OC12CCN(C1CCN(C(=O)c3c(C)cccc3C)CC1)CC2.O=C(O)C(F)(F)F. The highest BCUT2D eigenvalue weighted by atomic mass is 19.4. The minimum absolute atomic E-state index is 0.100. The van der Waals surface area contributed by atoms with Gasteiger partial charge in [-0.3, -0.25) is 14.1 Å². The van der Waals surface area contributed by atoms with E-state index in [9.17, 15) is 27.2 Å². The number of ether oxygens (including phenoxy) is 1. The first-order chi connectivity index (χ1) is 20.3. The lowest BCUT2D eigenvalue weighted by atomic mass is 9.81. The van der Waals surface area contributed by atoms with E-state index in [0.29, 0.717) is 25.4 Å². The molecule has 8 nitrogen and oxygen atoms in total. The molecule has 1 aromatic carbocycles. The first-order valence-corrected chi connectivity index (χ1v) is 15.3. The Balaban J connectivity index is 0.000000646. The number of aliphatic carboxylic acids is 1. The van der Waals surface area contributed by atoms with Crippen LogP contribution in [0.4, 0.5) is 22.4 Å². The number of carboxylic acid groups (broad SMARTS) is 1. The van der Waals surface area contributed by atoms with Crippen LogP contribution in [0.5, 0.6) is 0 Å². The summed E-state index contributed by atoms with van der Waals surface area (Å²) >= 11 is 0. The van der Waals surface area contributed by atoms with Crippen molar-refractivity contribution in [2.75, 3.05) is 39.4 Å². The molecule has 1 spiro atoms. The Bertz CT molecular complexity index is 1080. The van der Waals surface area contributed by atoms with Gasteiger partial charge < -0.3 is 19.6 Å².